The Morgan fingerprint density at radius 1 is 1.00 bits per heavy atom. The fourth-order valence-corrected chi connectivity index (χ4v) is 12.9. The van der Waals surface area contributed by atoms with Crippen LogP contribution in [0.5, 0.6) is 0 Å². The summed E-state index contributed by atoms with van der Waals surface area (Å²) in [6.45, 7) is 17.1. The van der Waals surface area contributed by atoms with Crippen LogP contribution in [0.15, 0.2) is 42.5 Å². The van der Waals surface area contributed by atoms with Gasteiger partial charge in [-0.05, 0) is 70.2 Å². The number of hydrogen-bond donors (Lipinski definition) is 0. The quantitative estimate of drug-likeness (QED) is 0.114. The van der Waals surface area contributed by atoms with E-state index in [1.807, 2.05) is 30.3 Å². The Hall–Kier alpha value is -1.99. The van der Waals surface area contributed by atoms with Crippen LogP contribution in [0.4, 0.5) is 10.5 Å². The highest BCUT2D eigenvalue weighted by atomic mass is 28.4. The van der Waals surface area contributed by atoms with Gasteiger partial charge in [-0.2, -0.15) is 0 Å². The van der Waals surface area contributed by atoms with E-state index in [4.69, 9.17) is 23.1 Å². The smallest absolute Gasteiger partial charge is 0.414 e. The first-order valence-corrected chi connectivity index (χ1v) is 18.9. The number of benzene rings is 1. The standard InChI is InChI=1S/C26H43NO7Si2/c1-22(2)25(28)32-17-16-30-14-10-18-35(3,4)34-36(5,6)19-11-15-31-21-24-20-27(26(29)33-24)23-12-8-7-9-13-23/h7-9,12-13,24H,1,10-11,14-21H2,2-6H3. The van der Waals surface area contributed by atoms with Crippen molar-refractivity contribution in [2.45, 2.75) is 64.1 Å². The van der Waals surface area contributed by atoms with Crippen molar-refractivity contribution in [2.24, 2.45) is 0 Å². The van der Waals surface area contributed by atoms with Crippen molar-refractivity contribution < 1.29 is 32.7 Å². The van der Waals surface area contributed by atoms with Gasteiger partial charge in [0.1, 0.15) is 12.7 Å². The van der Waals surface area contributed by atoms with E-state index in [0.29, 0.717) is 38.5 Å². The molecule has 1 unspecified atom stereocenters. The average Bonchev–Trinajstić information content (AvgIpc) is 3.18. The number of rotatable bonds is 17. The summed E-state index contributed by atoms with van der Waals surface area (Å²) in [5.74, 6) is -0.380. The van der Waals surface area contributed by atoms with Crippen LogP contribution in [0.1, 0.15) is 19.8 Å². The molecule has 8 nitrogen and oxygen atoms in total. The van der Waals surface area contributed by atoms with Crippen molar-refractivity contribution in [1.29, 1.82) is 0 Å². The minimum Gasteiger partial charge on any atom is -0.460 e. The van der Waals surface area contributed by atoms with E-state index in [-0.39, 0.29) is 24.8 Å². The minimum absolute atomic E-state index is 0.245. The molecule has 0 saturated carbocycles. The highest BCUT2D eigenvalue weighted by Gasteiger charge is 2.33. The topological polar surface area (TPSA) is 83.5 Å². The van der Waals surface area contributed by atoms with Crippen LogP contribution in [0.2, 0.25) is 38.3 Å². The molecule has 1 aliphatic rings. The lowest BCUT2D eigenvalue weighted by atomic mass is 10.3. The van der Waals surface area contributed by atoms with Gasteiger partial charge >= 0.3 is 12.1 Å². The fourth-order valence-electron chi connectivity index (χ4n) is 4.11. The predicted molar refractivity (Wildman–Crippen MR) is 146 cm³/mol. The summed E-state index contributed by atoms with van der Waals surface area (Å²) in [7, 11) is -3.61. The summed E-state index contributed by atoms with van der Waals surface area (Å²) < 4.78 is 28.6. The van der Waals surface area contributed by atoms with Crippen LogP contribution in [-0.2, 0) is 27.9 Å². The summed E-state index contributed by atoms with van der Waals surface area (Å²) in [5, 5.41) is 0. The molecule has 1 saturated heterocycles. The normalized spacial score (nSPS) is 16.2. The Labute approximate surface area is 218 Å². The third-order valence-electron chi connectivity index (χ3n) is 5.74. The number of carbonyl (C=O) groups is 2. The Morgan fingerprint density at radius 2 is 1.61 bits per heavy atom. The number of para-hydroxylation sites is 1. The summed E-state index contributed by atoms with van der Waals surface area (Å²) in [4.78, 5) is 25.1. The molecule has 0 spiro atoms. The molecule has 1 fully saturated rings. The van der Waals surface area contributed by atoms with Gasteiger partial charge in [0.05, 0.1) is 19.8 Å². The van der Waals surface area contributed by atoms with Gasteiger partial charge in [-0.15, -0.1) is 0 Å². The summed E-state index contributed by atoms with van der Waals surface area (Å²) >= 11 is 0. The summed E-state index contributed by atoms with van der Waals surface area (Å²) in [5.41, 5.74) is 1.24. The van der Waals surface area contributed by atoms with Gasteiger partial charge in [0.2, 0.25) is 0 Å². The SMILES string of the molecule is C=C(C)C(=O)OCCOCCC[Si](C)(C)O[Si](C)(C)CCCOCC1CN(c2ccccc2)C(=O)O1. The molecule has 0 aromatic heterocycles. The van der Waals surface area contributed by atoms with E-state index in [1.165, 1.54) is 0 Å². The van der Waals surface area contributed by atoms with Gasteiger partial charge in [-0.1, -0.05) is 24.8 Å². The Bertz CT molecular complexity index is 848. The van der Waals surface area contributed by atoms with Crippen LogP contribution in [0.25, 0.3) is 0 Å². The largest absolute Gasteiger partial charge is 0.460 e. The average molecular weight is 538 g/mol. The molecule has 36 heavy (non-hydrogen) atoms. The van der Waals surface area contributed by atoms with Gasteiger partial charge in [0.25, 0.3) is 0 Å². The molecule has 2 rings (SSSR count). The maximum Gasteiger partial charge on any atom is 0.414 e. The van der Waals surface area contributed by atoms with Crippen molar-refractivity contribution in [1.82, 2.24) is 0 Å². The first-order valence-electron chi connectivity index (χ1n) is 12.7. The molecule has 0 radical (unpaired) electrons. The van der Waals surface area contributed by atoms with Gasteiger partial charge in [-0.3, -0.25) is 4.90 Å². The molecule has 1 amide bonds. The number of hydrogen-bond acceptors (Lipinski definition) is 7. The van der Waals surface area contributed by atoms with Gasteiger partial charge < -0.3 is 23.1 Å². The summed E-state index contributed by atoms with van der Waals surface area (Å²) in [6, 6.07) is 11.6. The van der Waals surface area contributed by atoms with E-state index >= 15 is 0 Å². The number of cyclic esters (lactones) is 1. The Morgan fingerprint density at radius 3 is 2.22 bits per heavy atom. The maximum absolute atomic E-state index is 12.1. The van der Waals surface area contributed by atoms with E-state index in [2.05, 4.69) is 32.8 Å². The van der Waals surface area contributed by atoms with E-state index < -0.39 is 16.6 Å². The highest BCUT2D eigenvalue weighted by Crippen LogP contribution is 2.24. The molecule has 0 aliphatic carbocycles. The molecular formula is C26H43NO7Si2. The number of nitrogens with zero attached hydrogens (tertiary/aromatic N) is 1. The number of anilines is 1. The molecule has 0 bridgehead atoms. The zero-order valence-electron chi connectivity index (χ0n) is 22.5. The second kappa shape index (κ2) is 14.7. The van der Waals surface area contributed by atoms with Crippen molar-refractivity contribution in [3.8, 4) is 0 Å². The van der Waals surface area contributed by atoms with Crippen LogP contribution in [-0.4, -0.2) is 74.4 Å². The molecular weight excluding hydrogens is 494 g/mol. The molecule has 1 heterocycles. The maximum atomic E-state index is 12.1. The van der Waals surface area contributed by atoms with Crippen molar-refractivity contribution in [3.63, 3.8) is 0 Å². The van der Waals surface area contributed by atoms with Crippen molar-refractivity contribution in [3.05, 3.63) is 42.5 Å². The highest BCUT2D eigenvalue weighted by molar-refractivity contribution is 6.84. The predicted octanol–water partition coefficient (Wildman–Crippen LogP) is 5.37. The summed E-state index contributed by atoms with van der Waals surface area (Å²) in [6.07, 6.45) is 1.30. The number of carbonyl (C=O) groups excluding carboxylic acids is 2. The zero-order valence-corrected chi connectivity index (χ0v) is 24.5. The second-order valence-corrected chi connectivity index (χ2v) is 19.2. The third-order valence-corrected chi connectivity index (χ3v) is 13.3. The Kier molecular flexibility index (Phi) is 12.3. The van der Waals surface area contributed by atoms with Crippen LogP contribution >= 0.6 is 0 Å². The van der Waals surface area contributed by atoms with Crippen LogP contribution < -0.4 is 4.90 Å². The van der Waals surface area contributed by atoms with Gasteiger partial charge in [-0.25, -0.2) is 9.59 Å². The monoisotopic (exact) mass is 537 g/mol. The molecule has 10 heteroatoms. The molecule has 202 valence electrons. The van der Waals surface area contributed by atoms with E-state index in [1.54, 1.807) is 11.8 Å². The van der Waals surface area contributed by atoms with E-state index in [9.17, 15) is 9.59 Å². The van der Waals surface area contributed by atoms with E-state index in [0.717, 1.165) is 30.6 Å². The van der Waals surface area contributed by atoms with Crippen molar-refractivity contribution in [2.75, 3.05) is 44.5 Å². The first kappa shape index (κ1) is 30.2. The van der Waals surface area contributed by atoms with Gasteiger partial charge in [0, 0.05) is 24.5 Å². The van der Waals surface area contributed by atoms with Crippen molar-refractivity contribution >= 4 is 34.4 Å². The second-order valence-electron chi connectivity index (χ2n) is 10.4. The third kappa shape index (κ3) is 11.4. The Balaban J connectivity index is 1.56. The van der Waals surface area contributed by atoms with Crippen LogP contribution in [0, 0.1) is 0 Å². The zero-order chi connectivity index (χ0) is 26.6. The fraction of sp³-hybridized carbons (Fsp3) is 0.615. The number of ether oxygens (including phenoxy) is 4. The molecule has 1 aromatic carbocycles. The number of amides is 1. The van der Waals surface area contributed by atoms with Gasteiger partial charge in [0.15, 0.2) is 16.6 Å². The minimum atomic E-state index is -1.81. The molecule has 1 atom stereocenters. The lowest BCUT2D eigenvalue weighted by Gasteiger charge is -2.34. The first-order chi connectivity index (χ1) is 17.0. The molecule has 1 aliphatic heterocycles. The number of esters is 1. The molecule has 0 N–H and O–H groups in total. The van der Waals surface area contributed by atoms with Crippen LogP contribution in [0.3, 0.4) is 0 Å². The molecule has 1 aromatic rings. The lowest BCUT2D eigenvalue weighted by molar-refractivity contribution is -0.140. The lowest BCUT2D eigenvalue weighted by Crippen LogP contribution is -2.44.